The van der Waals surface area contributed by atoms with Crippen LogP contribution >= 0.6 is 11.6 Å². The summed E-state index contributed by atoms with van der Waals surface area (Å²) in [6.07, 6.45) is 1.73. The van der Waals surface area contributed by atoms with Gasteiger partial charge in [-0.2, -0.15) is 0 Å². The maximum absolute atomic E-state index is 14.1. The van der Waals surface area contributed by atoms with E-state index in [2.05, 4.69) is 10.2 Å². The van der Waals surface area contributed by atoms with E-state index in [1.165, 1.54) is 6.07 Å². The van der Waals surface area contributed by atoms with Crippen molar-refractivity contribution in [2.24, 2.45) is 5.92 Å². The smallest absolute Gasteiger partial charge is 0.228 e. The minimum atomic E-state index is -0.296. The molecule has 0 bridgehead atoms. The number of nitrogens with one attached hydrogen (secondary N) is 1. The lowest BCUT2D eigenvalue weighted by Gasteiger charge is -2.32. The van der Waals surface area contributed by atoms with Crippen LogP contribution in [-0.4, -0.2) is 23.9 Å². The largest absolute Gasteiger partial charge is 0.325 e. The zero-order valence-corrected chi connectivity index (χ0v) is 16.3. The van der Waals surface area contributed by atoms with Crippen LogP contribution in [0.25, 0.3) is 10.8 Å². The first kappa shape index (κ1) is 18.9. The topological polar surface area (TPSA) is 32.3 Å². The highest BCUT2D eigenvalue weighted by molar-refractivity contribution is 6.31. The fraction of sp³-hybridized carbons (Fsp3) is 0.261. The normalized spacial score (nSPS) is 17.6. The molecule has 4 rings (SSSR count). The Kier molecular flexibility index (Phi) is 5.60. The van der Waals surface area contributed by atoms with Gasteiger partial charge in [0.15, 0.2) is 0 Å². The van der Waals surface area contributed by atoms with Crippen molar-refractivity contribution in [1.82, 2.24) is 4.90 Å². The molecule has 3 aromatic carbocycles. The van der Waals surface area contributed by atoms with Crippen molar-refractivity contribution >= 4 is 34.0 Å². The van der Waals surface area contributed by atoms with Crippen molar-refractivity contribution in [3.63, 3.8) is 0 Å². The average Bonchev–Trinajstić information content (AvgIpc) is 2.71. The molecule has 0 radical (unpaired) electrons. The van der Waals surface area contributed by atoms with Crippen LogP contribution in [0.2, 0.25) is 5.02 Å². The van der Waals surface area contributed by atoms with Crippen LogP contribution in [-0.2, 0) is 11.3 Å². The predicted molar refractivity (Wildman–Crippen MR) is 112 cm³/mol. The lowest BCUT2D eigenvalue weighted by molar-refractivity contribution is -0.121. The van der Waals surface area contributed by atoms with Gasteiger partial charge in [-0.15, -0.1) is 0 Å². The van der Waals surface area contributed by atoms with E-state index in [0.29, 0.717) is 23.7 Å². The lowest BCUT2D eigenvalue weighted by atomic mass is 9.96. The van der Waals surface area contributed by atoms with E-state index in [1.54, 1.807) is 12.1 Å². The molecule has 1 atom stereocenters. The SMILES string of the molecule is O=C(Nc1cccc2ccccc12)C1CCCN(Cc2c(F)cccc2Cl)C1. The summed E-state index contributed by atoms with van der Waals surface area (Å²) in [4.78, 5) is 15.0. The standard InChI is InChI=1S/C23H22ClFN2O/c24-20-10-4-11-21(25)19(20)15-27-13-5-8-17(14-27)23(28)26-22-12-3-7-16-6-1-2-9-18(16)22/h1-4,6-7,9-12,17H,5,8,13-15H2,(H,26,28). The molecule has 3 aromatic rings. The molecule has 144 valence electrons. The third-order valence-electron chi connectivity index (χ3n) is 5.37. The Morgan fingerprint density at radius 3 is 2.75 bits per heavy atom. The molecule has 1 heterocycles. The molecule has 0 spiro atoms. The van der Waals surface area contributed by atoms with Crippen molar-refractivity contribution in [2.45, 2.75) is 19.4 Å². The van der Waals surface area contributed by atoms with Gasteiger partial charge in [0, 0.05) is 34.7 Å². The molecule has 1 aliphatic heterocycles. The molecule has 1 fully saturated rings. The van der Waals surface area contributed by atoms with Crippen molar-refractivity contribution in [2.75, 3.05) is 18.4 Å². The van der Waals surface area contributed by atoms with Gasteiger partial charge in [-0.05, 0) is 43.0 Å². The number of anilines is 1. The van der Waals surface area contributed by atoms with Gasteiger partial charge in [0.25, 0.3) is 0 Å². The Labute approximate surface area is 169 Å². The number of carbonyl (C=O) groups excluding carboxylic acids is 1. The number of benzene rings is 3. The van der Waals surface area contributed by atoms with Gasteiger partial charge < -0.3 is 5.32 Å². The Bertz CT molecular complexity index is 981. The highest BCUT2D eigenvalue weighted by Crippen LogP contribution is 2.27. The number of fused-ring (bicyclic) bond motifs is 1. The molecule has 1 aliphatic rings. The van der Waals surface area contributed by atoms with Gasteiger partial charge in [-0.25, -0.2) is 4.39 Å². The fourth-order valence-electron chi connectivity index (χ4n) is 3.89. The number of nitrogens with zero attached hydrogens (tertiary/aromatic N) is 1. The summed E-state index contributed by atoms with van der Waals surface area (Å²) in [6, 6.07) is 18.7. The number of piperidine rings is 1. The van der Waals surface area contributed by atoms with Gasteiger partial charge in [0.05, 0.1) is 5.92 Å². The monoisotopic (exact) mass is 396 g/mol. The average molecular weight is 397 g/mol. The van der Waals surface area contributed by atoms with E-state index in [0.717, 1.165) is 35.8 Å². The first-order chi connectivity index (χ1) is 13.6. The molecule has 28 heavy (non-hydrogen) atoms. The molecule has 1 saturated heterocycles. The van der Waals surface area contributed by atoms with Crippen LogP contribution in [0.1, 0.15) is 18.4 Å². The Morgan fingerprint density at radius 2 is 1.89 bits per heavy atom. The summed E-state index contributed by atoms with van der Waals surface area (Å²) in [5.41, 5.74) is 1.33. The van der Waals surface area contributed by atoms with E-state index in [9.17, 15) is 9.18 Å². The second-order valence-corrected chi connectivity index (χ2v) is 7.70. The third kappa shape index (κ3) is 4.03. The van der Waals surface area contributed by atoms with Gasteiger partial charge in [-0.3, -0.25) is 9.69 Å². The van der Waals surface area contributed by atoms with Crippen LogP contribution in [0.3, 0.4) is 0 Å². The third-order valence-corrected chi connectivity index (χ3v) is 5.72. The molecule has 0 aromatic heterocycles. The summed E-state index contributed by atoms with van der Waals surface area (Å²) >= 11 is 6.16. The van der Waals surface area contributed by atoms with E-state index < -0.39 is 0 Å². The molecular formula is C23H22ClFN2O. The summed E-state index contributed by atoms with van der Waals surface area (Å²) in [7, 11) is 0. The zero-order valence-electron chi connectivity index (χ0n) is 15.5. The van der Waals surface area contributed by atoms with E-state index in [-0.39, 0.29) is 17.6 Å². The number of hydrogen-bond acceptors (Lipinski definition) is 2. The van der Waals surface area contributed by atoms with Crippen molar-refractivity contribution in [1.29, 1.82) is 0 Å². The fourth-order valence-corrected chi connectivity index (χ4v) is 4.11. The van der Waals surface area contributed by atoms with E-state index >= 15 is 0 Å². The molecule has 0 aliphatic carbocycles. The number of rotatable bonds is 4. The van der Waals surface area contributed by atoms with Gasteiger partial charge in [0.2, 0.25) is 5.91 Å². The number of hydrogen-bond donors (Lipinski definition) is 1. The molecule has 3 nitrogen and oxygen atoms in total. The van der Waals surface area contributed by atoms with Crippen molar-refractivity contribution in [3.05, 3.63) is 77.1 Å². The van der Waals surface area contributed by atoms with E-state index in [1.807, 2.05) is 42.5 Å². The highest BCUT2D eigenvalue weighted by atomic mass is 35.5. The van der Waals surface area contributed by atoms with Gasteiger partial charge >= 0.3 is 0 Å². The van der Waals surface area contributed by atoms with Gasteiger partial charge in [-0.1, -0.05) is 54.1 Å². The summed E-state index contributed by atoms with van der Waals surface area (Å²) in [5, 5.41) is 5.66. The highest BCUT2D eigenvalue weighted by Gasteiger charge is 2.27. The van der Waals surface area contributed by atoms with E-state index in [4.69, 9.17) is 11.6 Å². The summed E-state index contributed by atoms with van der Waals surface area (Å²) in [5.74, 6) is -0.409. The molecule has 1 N–H and O–H groups in total. The second-order valence-electron chi connectivity index (χ2n) is 7.29. The lowest BCUT2D eigenvalue weighted by Crippen LogP contribution is -2.40. The van der Waals surface area contributed by atoms with Crippen LogP contribution in [0, 0.1) is 11.7 Å². The van der Waals surface area contributed by atoms with Gasteiger partial charge in [0.1, 0.15) is 5.82 Å². The molecule has 5 heteroatoms. The summed E-state index contributed by atoms with van der Waals surface area (Å²) in [6.45, 7) is 1.85. The van der Waals surface area contributed by atoms with Crippen LogP contribution in [0.4, 0.5) is 10.1 Å². The van der Waals surface area contributed by atoms with Crippen LogP contribution in [0.15, 0.2) is 60.7 Å². The quantitative estimate of drug-likeness (QED) is 0.633. The Balaban J connectivity index is 1.46. The van der Waals surface area contributed by atoms with Crippen molar-refractivity contribution < 1.29 is 9.18 Å². The Morgan fingerprint density at radius 1 is 1.11 bits per heavy atom. The number of carbonyl (C=O) groups is 1. The van der Waals surface area contributed by atoms with Crippen molar-refractivity contribution in [3.8, 4) is 0 Å². The van der Waals surface area contributed by atoms with Crippen LogP contribution < -0.4 is 5.32 Å². The first-order valence-corrected chi connectivity index (χ1v) is 9.93. The summed E-state index contributed by atoms with van der Waals surface area (Å²) < 4.78 is 14.1. The predicted octanol–water partition coefficient (Wildman–Crippen LogP) is 5.48. The maximum atomic E-state index is 14.1. The number of amides is 1. The number of likely N-dealkylation sites (tertiary alicyclic amines) is 1. The number of halogens is 2. The molecule has 1 amide bonds. The molecule has 0 saturated carbocycles. The minimum absolute atomic E-state index is 0.0145. The molecular weight excluding hydrogens is 375 g/mol. The zero-order chi connectivity index (χ0) is 19.5. The molecule has 1 unspecified atom stereocenters. The first-order valence-electron chi connectivity index (χ1n) is 9.55. The maximum Gasteiger partial charge on any atom is 0.228 e. The minimum Gasteiger partial charge on any atom is -0.325 e. The van der Waals surface area contributed by atoms with Crippen LogP contribution in [0.5, 0.6) is 0 Å². The Hall–Kier alpha value is -2.43. The second kappa shape index (κ2) is 8.29.